The molecule has 1 aromatic carbocycles. The van der Waals surface area contributed by atoms with Crippen LogP contribution in [0.25, 0.3) is 0 Å². The number of ether oxygens (including phenoxy) is 1. The van der Waals surface area contributed by atoms with Crippen molar-refractivity contribution in [2.75, 3.05) is 26.4 Å². The van der Waals surface area contributed by atoms with Gasteiger partial charge in [0.2, 0.25) is 5.91 Å². The molecule has 0 radical (unpaired) electrons. The number of nitrogens with zero attached hydrogens (tertiary/aromatic N) is 1. The van der Waals surface area contributed by atoms with Crippen molar-refractivity contribution >= 4 is 5.91 Å². The molecule has 1 heterocycles. The average molecular weight is 292 g/mol. The largest absolute Gasteiger partial charge is 0.384 e. The SMILES string of the molecule is NC(=O)C1COCCN1Cc1cc(F)cc(C#CCO)c1. The molecule has 0 saturated carbocycles. The van der Waals surface area contributed by atoms with Crippen LogP contribution in [0.5, 0.6) is 0 Å². The lowest BCUT2D eigenvalue weighted by molar-refractivity contribution is -0.129. The zero-order chi connectivity index (χ0) is 15.2. The molecule has 5 nitrogen and oxygen atoms in total. The maximum absolute atomic E-state index is 13.6. The number of aliphatic hydroxyl groups is 1. The van der Waals surface area contributed by atoms with Crippen molar-refractivity contribution in [3.63, 3.8) is 0 Å². The molecule has 112 valence electrons. The number of hydrogen-bond donors (Lipinski definition) is 2. The molecule has 1 aromatic rings. The molecule has 1 unspecified atom stereocenters. The Labute approximate surface area is 122 Å². The predicted molar refractivity (Wildman–Crippen MR) is 74.6 cm³/mol. The Hall–Kier alpha value is -1.94. The van der Waals surface area contributed by atoms with Gasteiger partial charge in [-0.1, -0.05) is 11.8 Å². The molecule has 0 aromatic heterocycles. The molecule has 1 saturated heterocycles. The van der Waals surface area contributed by atoms with E-state index in [2.05, 4.69) is 11.8 Å². The second kappa shape index (κ2) is 7.18. The lowest BCUT2D eigenvalue weighted by atomic mass is 10.1. The molecule has 1 atom stereocenters. The third kappa shape index (κ3) is 4.26. The van der Waals surface area contributed by atoms with Gasteiger partial charge in [-0.2, -0.15) is 0 Å². The van der Waals surface area contributed by atoms with Gasteiger partial charge in [0.05, 0.1) is 13.2 Å². The van der Waals surface area contributed by atoms with Crippen LogP contribution >= 0.6 is 0 Å². The van der Waals surface area contributed by atoms with Crippen LogP contribution in [0, 0.1) is 17.7 Å². The van der Waals surface area contributed by atoms with Crippen LogP contribution in [0.4, 0.5) is 4.39 Å². The van der Waals surface area contributed by atoms with E-state index in [1.165, 1.54) is 12.1 Å². The Morgan fingerprint density at radius 1 is 1.52 bits per heavy atom. The van der Waals surface area contributed by atoms with E-state index >= 15 is 0 Å². The minimum Gasteiger partial charge on any atom is -0.384 e. The Kier molecular flexibility index (Phi) is 5.28. The van der Waals surface area contributed by atoms with Crippen molar-refractivity contribution in [2.45, 2.75) is 12.6 Å². The Morgan fingerprint density at radius 2 is 2.33 bits per heavy atom. The Bertz CT molecular complexity index is 580. The summed E-state index contributed by atoms with van der Waals surface area (Å²) in [5.74, 6) is 4.30. The normalized spacial score (nSPS) is 18.9. The van der Waals surface area contributed by atoms with E-state index in [4.69, 9.17) is 15.6 Å². The molecule has 1 aliphatic heterocycles. The molecule has 6 heteroatoms. The van der Waals surface area contributed by atoms with Crippen LogP contribution in [0.15, 0.2) is 18.2 Å². The number of carbonyl (C=O) groups excluding carboxylic acids is 1. The number of halogens is 1. The van der Waals surface area contributed by atoms with Crippen molar-refractivity contribution in [1.82, 2.24) is 4.90 Å². The number of amides is 1. The minimum atomic E-state index is -0.506. The summed E-state index contributed by atoms with van der Waals surface area (Å²) in [6.07, 6.45) is 0. The van der Waals surface area contributed by atoms with Gasteiger partial charge in [-0.15, -0.1) is 0 Å². The highest BCUT2D eigenvalue weighted by atomic mass is 19.1. The highest BCUT2D eigenvalue weighted by Gasteiger charge is 2.27. The van der Waals surface area contributed by atoms with Gasteiger partial charge in [0.1, 0.15) is 18.5 Å². The summed E-state index contributed by atoms with van der Waals surface area (Å²) in [6, 6.07) is 3.93. The number of hydrogen-bond acceptors (Lipinski definition) is 4. The molecule has 0 bridgehead atoms. The fraction of sp³-hybridized carbons (Fsp3) is 0.400. The standard InChI is InChI=1S/C15H17FN2O3/c16-13-7-11(2-1-4-19)6-12(8-13)9-18-3-5-21-10-14(18)15(17)20/h6-8,14,19H,3-5,9-10H2,(H2,17,20). The van der Waals surface area contributed by atoms with Crippen LogP contribution in [0.3, 0.4) is 0 Å². The number of nitrogens with two attached hydrogens (primary N) is 1. The molecule has 3 N–H and O–H groups in total. The summed E-state index contributed by atoms with van der Waals surface area (Å²) in [5.41, 5.74) is 6.54. The Balaban J connectivity index is 2.17. The average Bonchev–Trinajstić information content (AvgIpc) is 2.45. The molecule has 2 rings (SSSR count). The Morgan fingerprint density at radius 3 is 3.05 bits per heavy atom. The highest BCUT2D eigenvalue weighted by Crippen LogP contribution is 2.15. The van der Waals surface area contributed by atoms with E-state index in [9.17, 15) is 9.18 Å². The van der Waals surface area contributed by atoms with Gasteiger partial charge in [-0.3, -0.25) is 9.69 Å². The zero-order valence-electron chi connectivity index (χ0n) is 11.5. The maximum Gasteiger partial charge on any atom is 0.237 e. The lowest BCUT2D eigenvalue weighted by Crippen LogP contribution is -2.51. The molecule has 0 spiro atoms. The first-order chi connectivity index (χ1) is 10.1. The summed E-state index contributed by atoms with van der Waals surface area (Å²) in [7, 11) is 0. The lowest BCUT2D eigenvalue weighted by Gasteiger charge is -2.33. The molecule has 1 fully saturated rings. The van der Waals surface area contributed by atoms with E-state index in [0.717, 1.165) is 0 Å². The van der Waals surface area contributed by atoms with E-state index < -0.39 is 17.8 Å². The number of morpholine rings is 1. The van der Waals surface area contributed by atoms with Crippen molar-refractivity contribution in [1.29, 1.82) is 0 Å². The van der Waals surface area contributed by atoms with Gasteiger partial charge in [-0.05, 0) is 23.8 Å². The topological polar surface area (TPSA) is 75.8 Å². The second-order valence-corrected chi connectivity index (χ2v) is 4.77. The summed E-state index contributed by atoms with van der Waals surface area (Å²) >= 11 is 0. The zero-order valence-corrected chi connectivity index (χ0v) is 11.5. The van der Waals surface area contributed by atoms with Gasteiger partial charge in [-0.25, -0.2) is 4.39 Å². The molecule has 1 amide bonds. The number of carbonyl (C=O) groups is 1. The van der Waals surface area contributed by atoms with E-state index in [0.29, 0.717) is 30.8 Å². The molecular weight excluding hydrogens is 275 g/mol. The number of benzene rings is 1. The molecule has 0 aliphatic carbocycles. The fourth-order valence-corrected chi connectivity index (χ4v) is 2.28. The third-order valence-electron chi connectivity index (χ3n) is 3.22. The van der Waals surface area contributed by atoms with Crippen LogP contribution in [0.1, 0.15) is 11.1 Å². The smallest absolute Gasteiger partial charge is 0.237 e. The number of rotatable bonds is 3. The first kappa shape index (κ1) is 15.4. The summed E-state index contributed by atoms with van der Waals surface area (Å²) < 4.78 is 18.8. The van der Waals surface area contributed by atoms with Crippen molar-refractivity contribution in [2.24, 2.45) is 5.73 Å². The maximum atomic E-state index is 13.6. The fourth-order valence-electron chi connectivity index (χ4n) is 2.28. The van der Waals surface area contributed by atoms with Gasteiger partial charge in [0.15, 0.2) is 0 Å². The van der Waals surface area contributed by atoms with Crippen LogP contribution in [-0.2, 0) is 16.1 Å². The third-order valence-corrected chi connectivity index (χ3v) is 3.22. The van der Waals surface area contributed by atoms with Crippen molar-refractivity contribution < 1.29 is 19.0 Å². The van der Waals surface area contributed by atoms with Gasteiger partial charge < -0.3 is 15.6 Å². The minimum absolute atomic E-state index is 0.252. The first-order valence-electron chi connectivity index (χ1n) is 6.60. The van der Waals surface area contributed by atoms with E-state index in [1.807, 2.05) is 4.90 Å². The van der Waals surface area contributed by atoms with Gasteiger partial charge in [0, 0.05) is 18.7 Å². The van der Waals surface area contributed by atoms with Crippen molar-refractivity contribution in [3.05, 3.63) is 35.1 Å². The van der Waals surface area contributed by atoms with Crippen LogP contribution < -0.4 is 5.73 Å². The predicted octanol–water partition coefficient (Wildman–Crippen LogP) is -0.144. The molecular formula is C15H17FN2O3. The molecule has 1 aliphatic rings. The van der Waals surface area contributed by atoms with Crippen LogP contribution in [0.2, 0.25) is 0 Å². The number of primary amides is 1. The summed E-state index contributed by atoms with van der Waals surface area (Å²) in [5, 5.41) is 8.68. The van der Waals surface area contributed by atoms with E-state index in [1.54, 1.807) is 6.07 Å². The van der Waals surface area contributed by atoms with Crippen molar-refractivity contribution in [3.8, 4) is 11.8 Å². The number of aliphatic hydroxyl groups excluding tert-OH is 1. The second-order valence-electron chi connectivity index (χ2n) is 4.77. The van der Waals surface area contributed by atoms with Gasteiger partial charge in [0.25, 0.3) is 0 Å². The summed E-state index contributed by atoms with van der Waals surface area (Å²) in [4.78, 5) is 13.3. The van der Waals surface area contributed by atoms with E-state index in [-0.39, 0.29) is 13.2 Å². The van der Waals surface area contributed by atoms with Gasteiger partial charge >= 0.3 is 0 Å². The summed E-state index contributed by atoms with van der Waals surface area (Å²) in [6.45, 7) is 1.43. The molecule has 21 heavy (non-hydrogen) atoms. The van der Waals surface area contributed by atoms with Crippen LogP contribution in [-0.4, -0.2) is 48.3 Å². The first-order valence-corrected chi connectivity index (χ1v) is 6.60. The highest BCUT2D eigenvalue weighted by molar-refractivity contribution is 5.80. The monoisotopic (exact) mass is 292 g/mol. The quantitative estimate of drug-likeness (QED) is 0.760.